The van der Waals surface area contributed by atoms with Crippen LogP contribution in [0.1, 0.15) is 36.7 Å². The molecule has 0 radical (unpaired) electrons. The molecule has 1 aromatic rings. The number of methoxy groups -OCH3 is 1. The maximum atomic E-state index is 12.3. The molecule has 0 saturated carbocycles. The van der Waals surface area contributed by atoms with Crippen LogP contribution in [0.25, 0.3) is 0 Å². The molecule has 0 heterocycles. The summed E-state index contributed by atoms with van der Waals surface area (Å²) in [6.45, 7) is 4.91. The second kappa shape index (κ2) is 6.15. The van der Waals surface area contributed by atoms with Gasteiger partial charge < -0.3 is 20.3 Å². The molecule has 1 unspecified atom stereocenters. The zero-order valence-corrected chi connectivity index (χ0v) is 12.9. The topological polar surface area (TPSA) is 116 Å². The smallest absolute Gasteiger partial charge is 0.343 e. The largest absolute Gasteiger partial charge is 0.478 e. The van der Waals surface area contributed by atoms with Crippen molar-refractivity contribution in [2.45, 2.75) is 31.9 Å². The molecular weight excluding hydrogens is 290 g/mol. The number of carboxylic acids is 1. The molecule has 0 amide bonds. The lowest BCUT2D eigenvalue weighted by atomic mass is 9.90. The number of carboxylic acid groups (broad SMARTS) is 1. The van der Waals surface area contributed by atoms with Gasteiger partial charge in [0, 0.05) is 0 Å². The molecule has 0 aliphatic carbocycles. The van der Waals surface area contributed by atoms with Gasteiger partial charge in [0.25, 0.3) is 0 Å². The van der Waals surface area contributed by atoms with Crippen molar-refractivity contribution in [2.75, 3.05) is 7.11 Å². The lowest BCUT2D eigenvalue weighted by molar-refractivity contribution is -0.171. The summed E-state index contributed by atoms with van der Waals surface area (Å²) < 4.78 is 9.78. The first-order valence-corrected chi connectivity index (χ1v) is 6.47. The number of benzene rings is 1. The number of hydrogen-bond acceptors (Lipinski definition) is 6. The Morgan fingerprint density at radius 2 is 1.55 bits per heavy atom. The highest BCUT2D eigenvalue weighted by Crippen LogP contribution is 2.25. The third-order valence-electron chi connectivity index (χ3n) is 2.82. The molecule has 1 atom stereocenters. The van der Waals surface area contributed by atoms with E-state index in [2.05, 4.69) is 4.74 Å². The first-order chi connectivity index (χ1) is 10.0. The number of esters is 2. The number of carbonyl (C=O) groups excluding carboxylic acids is 2. The van der Waals surface area contributed by atoms with Crippen LogP contribution in [0, 0.1) is 0 Å². The van der Waals surface area contributed by atoms with E-state index in [9.17, 15) is 14.4 Å². The number of rotatable bonds is 4. The number of carbonyl (C=O) groups is 3. The molecule has 1 rings (SSSR count). The molecule has 0 saturated heterocycles. The zero-order valence-electron chi connectivity index (χ0n) is 12.9. The fraction of sp³-hybridized carbons (Fsp3) is 0.400. The van der Waals surface area contributed by atoms with Gasteiger partial charge in [-0.15, -0.1) is 0 Å². The quantitative estimate of drug-likeness (QED) is 0.631. The molecule has 7 nitrogen and oxygen atoms in total. The number of ether oxygens (including phenoxy) is 2. The van der Waals surface area contributed by atoms with Gasteiger partial charge in [-0.1, -0.05) is 12.1 Å². The van der Waals surface area contributed by atoms with E-state index in [0.717, 1.165) is 7.11 Å². The number of aromatic carboxylic acids is 1. The molecule has 0 bridgehead atoms. The third kappa shape index (κ3) is 3.62. The van der Waals surface area contributed by atoms with E-state index in [4.69, 9.17) is 15.6 Å². The zero-order chi connectivity index (χ0) is 17.1. The van der Waals surface area contributed by atoms with E-state index in [1.165, 1.54) is 24.3 Å². The Morgan fingerprint density at radius 3 is 1.91 bits per heavy atom. The van der Waals surface area contributed by atoms with Crippen LogP contribution in [0.2, 0.25) is 0 Å². The Kier molecular flexibility index (Phi) is 4.93. The highest BCUT2D eigenvalue weighted by Gasteiger charge is 2.48. The second-order valence-corrected chi connectivity index (χ2v) is 5.68. The molecule has 22 heavy (non-hydrogen) atoms. The summed E-state index contributed by atoms with van der Waals surface area (Å²) in [7, 11) is 1.10. The van der Waals surface area contributed by atoms with Gasteiger partial charge in [-0.2, -0.15) is 0 Å². The average molecular weight is 309 g/mol. The van der Waals surface area contributed by atoms with E-state index >= 15 is 0 Å². The number of nitrogens with two attached hydrogens (primary N) is 1. The summed E-state index contributed by atoms with van der Waals surface area (Å²) in [5, 5.41) is 8.88. The second-order valence-electron chi connectivity index (χ2n) is 5.68. The normalized spacial score (nSPS) is 13.9. The van der Waals surface area contributed by atoms with Crippen LogP contribution in [0.3, 0.4) is 0 Å². The molecule has 0 spiro atoms. The van der Waals surface area contributed by atoms with Crippen molar-refractivity contribution in [1.82, 2.24) is 0 Å². The molecule has 7 heteroatoms. The maximum Gasteiger partial charge on any atom is 0.343 e. The predicted octanol–water partition coefficient (Wildman–Crippen LogP) is 1.05. The van der Waals surface area contributed by atoms with E-state index in [1.54, 1.807) is 20.8 Å². The summed E-state index contributed by atoms with van der Waals surface area (Å²) in [6.07, 6.45) is 0. The lowest BCUT2D eigenvalue weighted by Crippen LogP contribution is -2.54. The van der Waals surface area contributed by atoms with Crippen molar-refractivity contribution >= 4 is 17.9 Å². The van der Waals surface area contributed by atoms with Crippen LogP contribution >= 0.6 is 0 Å². The summed E-state index contributed by atoms with van der Waals surface area (Å²) in [5.74, 6) is -3.11. The van der Waals surface area contributed by atoms with Crippen molar-refractivity contribution in [3.63, 3.8) is 0 Å². The Morgan fingerprint density at radius 1 is 1.05 bits per heavy atom. The fourth-order valence-electron chi connectivity index (χ4n) is 1.71. The molecule has 0 aliphatic rings. The van der Waals surface area contributed by atoms with Crippen molar-refractivity contribution in [1.29, 1.82) is 0 Å². The fourth-order valence-corrected chi connectivity index (χ4v) is 1.71. The minimum absolute atomic E-state index is 0.000143. The van der Waals surface area contributed by atoms with Gasteiger partial charge in [-0.05, 0) is 38.5 Å². The third-order valence-corrected chi connectivity index (χ3v) is 2.82. The van der Waals surface area contributed by atoms with Crippen molar-refractivity contribution in [3.05, 3.63) is 35.4 Å². The predicted molar refractivity (Wildman–Crippen MR) is 77.1 cm³/mol. The van der Waals surface area contributed by atoms with Crippen LogP contribution in [-0.4, -0.2) is 35.7 Å². The summed E-state index contributed by atoms with van der Waals surface area (Å²) in [6, 6.07) is 5.05. The van der Waals surface area contributed by atoms with Crippen LogP contribution in [0.15, 0.2) is 24.3 Å². The van der Waals surface area contributed by atoms with Crippen molar-refractivity contribution in [2.24, 2.45) is 5.73 Å². The first-order valence-electron chi connectivity index (χ1n) is 6.47. The van der Waals surface area contributed by atoms with Crippen LogP contribution in [-0.2, 0) is 24.6 Å². The van der Waals surface area contributed by atoms with Crippen molar-refractivity contribution < 1.29 is 29.0 Å². The SMILES string of the molecule is COC(=O)C(N)(C(=O)OC(C)(C)C)c1ccc(C(=O)O)cc1. The minimum atomic E-state index is -2.17. The Hall–Kier alpha value is -2.41. The highest BCUT2D eigenvalue weighted by molar-refractivity contribution is 6.05. The molecule has 0 aliphatic heterocycles. The summed E-state index contributed by atoms with van der Waals surface area (Å²) in [5.41, 5.74) is 3.02. The van der Waals surface area contributed by atoms with Gasteiger partial charge in [0.05, 0.1) is 12.7 Å². The van der Waals surface area contributed by atoms with Gasteiger partial charge in [0.2, 0.25) is 5.54 Å². The van der Waals surface area contributed by atoms with E-state index < -0.39 is 29.0 Å². The highest BCUT2D eigenvalue weighted by atomic mass is 16.6. The van der Waals surface area contributed by atoms with Crippen molar-refractivity contribution in [3.8, 4) is 0 Å². The van der Waals surface area contributed by atoms with Gasteiger partial charge >= 0.3 is 17.9 Å². The van der Waals surface area contributed by atoms with Gasteiger partial charge in [0.15, 0.2) is 0 Å². The van der Waals surface area contributed by atoms with Gasteiger partial charge in [-0.25, -0.2) is 14.4 Å². The molecule has 120 valence electrons. The van der Waals surface area contributed by atoms with E-state index in [-0.39, 0.29) is 11.1 Å². The first kappa shape index (κ1) is 17.6. The Bertz CT molecular complexity index is 587. The maximum absolute atomic E-state index is 12.3. The van der Waals surface area contributed by atoms with Crippen LogP contribution < -0.4 is 5.73 Å². The molecular formula is C15H19NO6. The van der Waals surface area contributed by atoms with Crippen LogP contribution in [0.4, 0.5) is 0 Å². The van der Waals surface area contributed by atoms with Gasteiger partial charge in [-0.3, -0.25) is 0 Å². The lowest BCUT2D eigenvalue weighted by Gasteiger charge is -2.29. The summed E-state index contributed by atoms with van der Waals surface area (Å²) >= 11 is 0. The monoisotopic (exact) mass is 309 g/mol. The molecule has 1 aromatic carbocycles. The van der Waals surface area contributed by atoms with Gasteiger partial charge in [0.1, 0.15) is 5.60 Å². The van der Waals surface area contributed by atoms with Crippen LogP contribution in [0.5, 0.6) is 0 Å². The van der Waals surface area contributed by atoms with E-state index in [1.807, 2.05) is 0 Å². The molecule has 0 aromatic heterocycles. The Balaban J connectivity index is 3.30. The molecule has 3 N–H and O–H groups in total. The average Bonchev–Trinajstić information content (AvgIpc) is 2.43. The molecule has 0 fully saturated rings. The summed E-state index contributed by atoms with van der Waals surface area (Å²) in [4.78, 5) is 35.2. The standard InChI is InChI=1S/C15H19NO6/c1-14(2,3)22-13(20)15(16,12(19)21-4)10-7-5-9(6-8-10)11(17)18/h5-8H,16H2,1-4H3,(H,17,18). The Labute approximate surface area is 128 Å². The van der Waals surface area contributed by atoms with E-state index in [0.29, 0.717) is 0 Å². The number of hydrogen-bond donors (Lipinski definition) is 2. The minimum Gasteiger partial charge on any atom is -0.478 e.